The second kappa shape index (κ2) is 24.5. The van der Waals surface area contributed by atoms with Crippen LogP contribution < -0.4 is 0 Å². The number of rotatable bonds is 0. The van der Waals surface area contributed by atoms with Crippen molar-refractivity contribution < 1.29 is 38.4 Å². The van der Waals surface area contributed by atoms with E-state index in [-0.39, 0.29) is 57.8 Å². The van der Waals surface area contributed by atoms with E-state index in [1.165, 1.54) is 0 Å². The zero-order valence-electron chi connectivity index (χ0n) is 1.39. The van der Waals surface area contributed by atoms with Gasteiger partial charge < -0.3 is 0 Å². The van der Waals surface area contributed by atoms with E-state index < -0.39 is 0 Å². The van der Waals surface area contributed by atoms with Crippen LogP contribution in [-0.4, -0.2) is 19.4 Å². The van der Waals surface area contributed by atoms with Crippen molar-refractivity contribution in [1.82, 2.24) is 0 Å². The predicted molar refractivity (Wildman–Crippen MR) is 17.1 cm³/mol. The predicted octanol–water partition coefficient (Wildman–Crippen LogP) is -1.84. The molecular formula is H4BCrSiW. The van der Waals surface area contributed by atoms with Crippen LogP contribution in [0.3, 0.4) is 0 Å². The van der Waals surface area contributed by atoms with Crippen molar-refractivity contribution in [3.63, 3.8) is 0 Å². The SMILES string of the molecule is [B].[Cr].[SiH4].[W]. The van der Waals surface area contributed by atoms with Crippen molar-refractivity contribution in [3.8, 4) is 0 Å². The van der Waals surface area contributed by atoms with E-state index in [4.69, 9.17) is 0 Å². The summed E-state index contributed by atoms with van der Waals surface area (Å²) in [4.78, 5) is 0. The summed E-state index contributed by atoms with van der Waals surface area (Å²) in [5, 5.41) is 0. The molecule has 0 fully saturated rings. The molecule has 0 atom stereocenters. The summed E-state index contributed by atoms with van der Waals surface area (Å²) in [6.07, 6.45) is 0. The molecule has 4 heavy (non-hydrogen) atoms. The van der Waals surface area contributed by atoms with Gasteiger partial charge in [-0.05, 0) is 11.0 Å². The Morgan fingerprint density at radius 2 is 1.00 bits per heavy atom. The quantitative estimate of drug-likeness (QED) is 0.457. The maximum atomic E-state index is 0. The van der Waals surface area contributed by atoms with E-state index in [0.717, 1.165) is 0 Å². The zero-order valence-corrected chi connectivity index (χ0v) is 5.60. The van der Waals surface area contributed by atoms with Gasteiger partial charge in [0.25, 0.3) is 0 Å². The Morgan fingerprint density at radius 3 is 1.00 bits per heavy atom. The van der Waals surface area contributed by atoms with Crippen LogP contribution in [0.5, 0.6) is 0 Å². The van der Waals surface area contributed by atoms with E-state index in [0.29, 0.717) is 0 Å². The average molecular weight is 279 g/mol. The van der Waals surface area contributed by atoms with Crippen LogP contribution >= 0.6 is 0 Å². The molecule has 0 spiro atoms. The standard InChI is InChI=1S/B.Cr.H4Si.W/h;;1H4;. The normalized spacial score (nSPS) is 0. The molecule has 0 aliphatic heterocycles. The molecule has 0 aromatic rings. The van der Waals surface area contributed by atoms with Crippen LogP contribution in [-0.2, 0) is 38.4 Å². The molecule has 0 aliphatic rings. The second-order valence-electron chi connectivity index (χ2n) is 0. The van der Waals surface area contributed by atoms with Crippen LogP contribution in [0.15, 0.2) is 0 Å². The fourth-order valence-corrected chi connectivity index (χ4v) is 0. The van der Waals surface area contributed by atoms with Gasteiger partial charge in [-0.2, -0.15) is 0 Å². The number of hydrogen-bond donors (Lipinski definition) is 0. The Hall–Kier alpha value is 1.50. The third-order valence-electron chi connectivity index (χ3n) is 0. The molecule has 0 N–H and O–H groups in total. The first-order valence-corrected chi connectivity index (χ1v) is 0. The van der Waals surface area contributed by atoms with Gasteiger partial charge in [-0.15, -0.1) is 0 Å². The average Bonchev–Trinajstić information content (AvgIpc) is 0. The summed E-state index contributed by atoms with van der Waals surface area (Å²) < 4.78 is 0. The smallest absolute Gasteiger partial charge is 0 e. The molecule has 0 rings (SSSR count). The van der Waals surface area contributed by atoms with E-state index in [1.54, 1.807) is 0 Å². The largest absolute Gasteiger partial charge is 0.0149 e. The van der Waals surface area contributed by atoms with Crippen LogP contribution in [0.1, 0.15) is 0 Å². The van der Waals surface area contributed by atoms with Crippen LogP contribution in [0, 0.1) is 0 Å². The molecule has 0 heterocycles. The van der Waals surface area contributed by atoms with Crippen molar-refractivity contribution in [3.05, 3.63) is 0 Å². The fraction of sp³-hybridized carbons (Fsp3) is 0. The Morgan fingerprint density at radius 1 is 1.00 bits per heavy atom. The van der Waals surface area contributed by atoms with Gasteiger partial charge in [-0.3, -0.25) is 0 Å². The molecule has 0 saturated heterocycles. The molecule has 0 saturated carbocycles. The second-order valence-corrected chi connectivity index (χ2v) is 0. The van der Waals surface area contributed by atoms with Gasteiger partial charge in [-0.25, -0.2) is 0 Å². The summed E-state index contributed by atoms with van der Waals surface area (Å²) in [5.41, 5.74) is 0. The van der Waals surface area contributed by atoms with E-state index in [2.05, 4.69) is 0 Å². The molecular weight excluding hydrogens is 275 g/mol. The van der Waals surface area contributed by atoms with Gasteiger partial charge >= 0.3 is 0 Å². The van der Waals surface area contributed by atoms with Crippen molar-refractivity contribution in [2.24, 2.45) is 0 Å². The Kier molecular flexibility index (Phi) is 302. The van der Waals surface area contributed by atoms with Gasteiger partial charge in [0.05, 0.1) is 0 Å². The first kappa shape index (κ1) is 49.4. The van der Waals surface area contributed by atoms with Crippen molar-refractivity contribution >= 4 is 19.4 Å². The monoisotopic (exact) mass is 279 g/mol. The van der Waals surface area contributed by atoms with Crippen LogP contribution in [0.4, 0.5) is 0 Å². The van der Waals surface area contributed by atoms with E-state index in [1.807, 2.05) is 0 Å². The van der Waals surface area contributed by atoms with E-state index in [9.17, 15) is 0 Å². The Balaban J connectivity index is 0. The fourth-order valence-electron chi connectivity index (χ4n) is 0. The van der Waals surface area contributed by atoms with Crippen molar-refractivity contribution in [2.75, 3.05) is 0 Å². The third kappa shape index (κ3) is 9.72. The Labute approximate surface area is 57.7 Å². The van der Waals surface area contributed by atoms with Crippen molar-refractivity contribution in [2.45, 2.75) is 0 Å². The maximum Gasteiger partial charge on any atom is 0 e. The molecule has 0 bridgehead atoms. The van der Waals surface area contributed by atoms with Gasteiger partial charge in [0.1, 0.15) is 0 Å². The summed E-state index contributed by atoms with van der Waals surface area (Å²) in [5.74, 6) is 0. The maximum absolute atomic E-state index is 0. The molecule has 0 nitrogen and oxygen atoms in total. The molecule has 0 aromatic carbocycles. The minimum atomic E-state index is 0. The van der Waals surface area contributed by atoms with E-state index >= 15 is 0 Å². The minimum Gasteiger partial charge on any atom is -0.0149 e. The van der Waals surface area contributed by atoms with Gasteiger partial charge in [0, 0.05) is 46.8 Å². The minimum absolute atomic E-state index is 0. The summed E-state index contributed by atoms with van der Waals surface area (Å²) in [7, 11) is 0. The number of hydrogen-bond acceptors (Lipinski definition) is 0. The zero-order chi connectivity index (χ0) is 0. The molecule has 3 radical (unpaired) electrons. The summed E-state index contributed by atoms with van der Waals surface area (Å²) in [6, 6.07) is 0. The van der Waals surface area contributed by atoms with Crippen LogP contribution in [0.2, 0.25) is 0 Å². The van der Waals surface area contributed by atoms with Gasteiger partial charge in [0.2, 0.25) is 0 Å². The first-order chi connectivity index (χ1) is 0. The Bertz CT molecular complexity index is 8.00. The third-order valence-corrected chi connectivity index (χ3v) is 0. The first-order valence-electron chi connectivity index (χ1n) is 0. The molecule has 0 aromatic heterocycles. The van der Waals surface area contributed by atoms with Crippen molar-refractivity contribution in [1.29, 1.82) is 0 Å². The molecule has 23 valence electrons. The van der Waals surface area contributed by atoms with Crippen LogP contribution in [0.25, 0.3) is 0 Å². The van der Waals surface area contributed by atoms with Gasteiger partial charge in [0.15, 0.2) is 0 Å². The molecule has 4 heteroatoms. The molecule has 0 unspecified atom stereocenters. The topological polar surface area (TPSA) is 0 Å². The summed E-state index contributed by atoms with van der Waals surface area (Å²) >= 11 is 0. The molecule has 0 amide bonds. The molecule has 0 aliphatic carbocycles. The van der Waals surface area contributed by atoms with Gasteiger partial charge in [-0.1, -0.05) is 0 Å². The summed E-state index contributed by atoms with van der Waals surface area (Å²) in [6.45, 7) is 0.